The molecule has 0 saturated carbocycles. The molecule has 0 spiro atoms. The monoisotopic (exact) mass is 210 g/mol. The van der Waals surface area contributed by atoms with Crippen LogP contribution in [0, 0.1) is 19.8 Å². The van der Waals surface area contributed by atoms with Gasteiger partial charge in [0.05, 0.1) is 11.7 Å². The van der Waals surface area contributed by atoms with Gasteiger partial charge >= 0.3 is 0 Å². The van der Waals surface area contributed by atoms with E-state index in [-0.39, 0.29) is 12.6 Å². The van der Waals surface area contributed by atoms with Gasteiger partial charge in [-0.05, 0) is 32.6 Å². The molecular formula is C11H18N2O2. The lowest BCUT2D eigenvalue weighted by molar-refractivity contribution is 0.176. The standard InChI is InChI=1S/C11H18N2O2/c1-7-8(2)15-11(13-7)10-4-3-9(6-14)5-12-10/h9-10,12,14H,3-6H2,1-2H3. The van der Waals surface area contributed by atoms with Gasteiger partial charge in [0.25, 0.3) is 0 Å². The van der Waals surface area contributed by atoms with Crippen molar-refractivity contribution in [2.75, 3.05) is 13.2 Å². The largest absolute Gasteiger partial charge is 0.444 e. The van der Waals surface area contributed by atoms with Gasteiger partial charge in [-0.3, -0.25) is 0 Å². The first-order chi connectivity index (χ1) is 7.20. The minimum atomic E-state index is 0.222. The highest BCUT2D eigenvalue weighted by atomic mass is 16.4. The molecule has 0 aliphatic carbocycles. The highest BCUT2D eigenvalue weighted by Crippen LogP contribution is 2.26. The number of nitrogens with one attached hydrogen (secondary N) is 1. The minimum Gasteiger partial charge on any atom is -0.444 e. The number of aryl methyl sites for hydroxylation is 2. The Morgan fingerprint density at radius 1 is 1.47 bits per heavy atom. The number of oxazole rings is 1. The first-order valence-electron chi connectivity index (χ1n) is 5.49. The normalized spacial score (nSPS) is 26.9. The molecule has 1 saturated heterocycles. The van der Waals surface area contributed by atoms with E-state index < -0.39 is 0 Å². The highest BCUT2D eigenvalue weighted by Gasteiger charge is 2.24. The number of aromatic nitrogens is 1. The maximum atomic E-state index is 9.02. The molecule has 4 nitrogen and oxygen atoms in total. The lowest BCUT2D eigenvalue weighted by atomic mass is 9.95. The number of aliphatic hydroxyl groups excluding tert-OH is 1. The molecule has 2 N–H and O–H groups in total. The molecule has 1 aliphatic rings. The van der Waals surface area contributed by atoms with Crippen LogP contribution in [0.25, 0.3) is 0 Å². The van der Waals surface area contributed by atoms with E-state index in [0.717, 1.165) is 36.7 Å². The Balaban J connectivity index is 2.01. The molecule has 0 aromatic carbocycles. The van der Waals surface area contributed by atoms with Crippen molar-refractivity contribution in [3.05, 3.63) is 17.3 Å². The molecule has 2 atom stereocenters. The van der Waals surface area contributed by atoms with Crippen LogP contribution in [0.15, 0.2) is 4.42 Å². The van der Waals surface area contributed by atoms with Gasteiger partial charge in [0.15, 0.2) is 0 Å². The van der Waals surface area contributed by atoms with E-state index in [0.29, 0.717) is 5.92 Å². The molecule has 2 unspecified atom stereocenters. The Bertz CT molecular complexity index is 308. The van der Waals surface area contributed by atoms with Crippen LogP contribution in [-0.4, -0.2) is 23.2 Å². The lowest BCUT2D eigenvalue weighted by Gasteiger charge is -2.26. The molecule has 0 amide bonds. The summed E-state index contributed by atoms with van der Waals surface area (Å²) >= 11 is 0. The number of hydrogen-bond donors (Lipinski definition) is 2. The number of piperidine rings is 1. The Hall–Kier alpha value is -0.870. The Morgan fingerprint density at radius 2 is 2.27 bits per heavy atom. The maximum absolute atomic E-state index is 9.02. The number of aliphatic hydroxyl groups is 1. The summed E-state index contributed by atoms with van der Waals surface area (Å²) in [6.45, 7) is 5.01. The second kappa shape index (κ2) is 4.33. The van der Waals surface area contributed by atoms with Crippen molar-refractivity contribution in [2.45, 2.75) is 32.7 Å². The summed E-state index contributed by atoms with van der Waals surface area (Å²) in [6.07, 6.45) is 2.03. The number of hydrogen-bond acceptors (Lipinski definition) is 4. The third-order valence-electron chi connectivity index (χ3n) is 3.12. The van der Waals surface area contributed by atoms with Crippen LogP contribution in [0.1, 0.15) is 36.2 Å². The van der Waals surface area contributed by atoms with E-state index in [1.54, 1.807) is 0 Å². The minimum absolute atomic E-state index is 0.222. The fourth-order valence-electron chi connectivity index (χ4n) is 1.93. The Kier molecular flexibility index (Phi) is 3.07. The van der Waals surface area contributed by atoms with Gasteiger partial charge in [-0.2, -0.15) is 0 Å². The van der Waals surface area contributed by atoms with Crippen molar-refractivity contribution >= 4 is 0 Å². The molecule has 2 rings (SSSR count). The summed E-state index contributed by atoms with van der Waals surface area (Å²) < 4.78 is 5.59. The van der Waals surface area contributed by atoms with Crippen molar-refractivity contribution < 1.29 is 9.52 Å². The van der Waals surface area contributed by atoms with Crippen LogP contribution >= 0.6 is 0 Å². The molecule has 2 heterocycles. The van der Waals surface area contributed by atoms with Gasteiger partial charge < -0.3 is 14.8 Å². The summed E-state index contributed by atoms with van der Waals surface area (Å²) in [4.78, 5) is 4.39. The van der Waals surface area contributed by atoms with Crippen molar-refractivity contribution in [1.29, 1.82) is 0 Å². The smallest absolute Gasteiger partial charge is 0.211 e. The second-order valence-corrected chi connectivity index (χ2v) is 4.28. The average Bonchev–Trinajstić information content (AvgIpc) is 2.59. The highest BCUT2D eigenvalue weighted by molar-refractivity contribution is 5.08. The summed E-state index contributed by atoms with van der Waals surface area (Å²) in [5.41, 5.74) is 0.969. The molecule has 15 heavy (non-hydrogen) atoms. The van der Waals surface area contributed by atoms with Crippen molar-refractivity contribution in [1.82, 2.24) is 10.3 Å². The summed E-state index contributed by atoms with van der Waals surface area (Å²) in [5.74, 6) is 2.08. The summed E-state index contributed by atoms with van der Waals surface area (Å²) in [5, 5.41) is 12.4. The average molecular weight is 210 g/mol. The van der Waals surface area contributed by atoms with E-state index in [2.05, 4.69) is 10.3 Å². The summed E-state index contributed by atoms with van der Waals surface area (Å²) in [6, 6.07) is 0.222. The Labute approximate surface area is 89.7 Å². The third-order valence-corrected chi connectivity index (χ3v) is 3.12. The molecule has 0 radical (unpaired) electrons. The molecular weight excluding hydrogens is 192 g/mol. The zero-order valence-electron chi connectivity index (χ0n) is 9.29. The Morgan fingerprint density at radius 3 is 2.73 bits per heavy atom. The fraction of sp³-hybridized carbons (Fsp3) is 0.727. The predicted molar refractivity (Wildman–Crippen MR) is 56.5 cm³/mol. The number of nitrogens with zero attached hydrogens (tertiary/aromatic N) is 1. The van der Waals surface area contributed by atoms with E-state index in [4.69, 9.17) is 9.52 Å². The third kappa shape index (κ3) is 2.21. The van der Waals surface area contributed by atoms with E-state index in [1.165, 1.54) is 0 Å². The molecule has 1 fully saturated rings. The molecule has 1 aliphatic heterocycles. The summed E-state index contributed by atoms with van der Waals surface area (Å²) in [7, 11) is 0. The molecule has 84 valence electrons. The van der Waals surface area contributed by atoms with Gasteiger partial charge in [0, 0.05) is 13.2 Å². The van der Waals surface area contributed by atoms with Crippen LogP contribution < -0.4 is 5.32 Å². The predicted octanol–water partition coefficient (Wildman–Crippen LogP) is 1.32. The SMILES string of the molecule is Cc1nc(C2CCC(CO)CN2)oc1C. The van der Waals surface area contributed by atoms with E-state index >= 15 is 0 Å². The van der Waals surface area contributed by atoms with Crippen LogP contribution in [0.4, 0.5) is 0 Å². The first kappa shape index (κ1) is 10.6. The van der Waals surface area contributed by atoms with E-state index in [1.807, 2.05) is 13.8 Å². The van der Waals surface area contributed by atoms with Crippen LogP contribution in [0.2, 0.25) is 0 Å². The van der Waals surface area contributed by atoms with Gasteiger partial charge in [0.2, 0.25) is 5.89 Å². The van der Waals surface area contributed by atoms with Gasteiger partial charge in [-0.15, -0.1) is 0 Å². The van der Waals surface area contributed by atoms with Gasteiger partial charge in [0.1, 0.15) is 5.76 Å². The molecule has 4 heteroatoms. The molecule has 1 aromatic rings. The van der Waals surface area contributed by atoms with Crippen LogP contribution in [0.3, 0.4) is 0 Å². The first-order valence-corrected chi connectivity index (χ1v) is 5.49. The van der Waals surface area contributed by atoms with Crippen molar-refractivity contribution in [3.63, 3.8) is 0 Å². The number of rotatable bonds is 2. The second-order valence-electron chi connectivity index (χ2n) is 4.28. The van der Waals surface area contributed by atoms with Crippen LogP contribution in [0.5, 0.6) is 0 Å². The maximum Gasteiger partial charge on any atom is 0.211 e. The van der Waals surface area contributed by atoms with Crippen molar-refractivity contribution in [2.24, 2.45) is 5.92 Å². The zero-order valence-corrected chi connectivity index (χ0v) is 9.29. The zero-order chi connectivity index (χ0) is 10.8. The molecule has 0 bridgehead atoms. The van der Waals surface area contributed by atoms with Crippen molar-refractivity contribution in [3.8, 4) is 0 Å². The quantitative estimate of drug-likeness (QED) is 0.773. The topological polar surface area (TPSA) is 58.3 Å². The molecule has 1 aromatic heterocycles. The van der Waals surface area contributed by atoms with Gasteiger partial charge in [-0.1, -0.05) is 0 Å². The lowest BCUT2D eigenvalue weighted by Crippen LogP contribution is -2.34. The van der Waals surface area contributed by atoms with E-state index in [9.17, 15) is 0 Å². The van der Waals surface area contributed by atoms with Crippen LogP contribution in [-0.2, 0) is 0 Å². The van der Waals surface area contributed by atoms with Gasteiger partial charge in [-0.25, -0.2) is 4.98 Å². The fourth-order valence-corrected chi connectivity index (χ4v) is 1.93.